The Morgan fingerprint density at radius 3 is 2.47 bits per heavy atom. The molecule has 2 fully saturated rings. The van der Waals surface area contributed by atoms with Crippen LogP contribution >= 0.6 is 12.6 Å². The molecule has 30 heavy (non-hydrogen) atoms. The van der Waals surface area contributed by atoms with E-state index in [4.69, 9.17) is 31.6 Å². The molecule has 3 aliphatic carbocycles. The molecule has 1 heterocycles. The summed E-state index contributed by atoms with van der Waals surface area (Å²) in [5.74, 6) is 3.33. The van der Waals surface area contributed by atoms with E-state index in [1.807, 2.05) is 6.07 Å². The molecule has 166 valence electrons. The number of rotatable bonds is 10. The van der Waals surface area contributed by atoms with Gasteiger partial charge in [-0.1, -0.05) is 11.6 Å². The molecular formula is C24H36NO4S+. The molecule has 5 nitrogen and oxygen atoms in total. The molecule has 5 rings (SSSR count). The van der Waals surface area contributed by atoms with Crippen LogP contribution in [-0.2, 0) is 16.0 Å². The maximum absolute atomic E-state index is 6.12. The zero-order chi connectivity index (χ0) is 21.0. The van der Waals surface area contributed by atoms with E-state index in [-0.39, 0.29) is 0 Å². The topological polar surface area (TPSA) is 36.9 Å². The number of thiol groups is 1. The second-order valence-corrected chi connectivity index (χ2v) is 9.51. The summed E-state index contributed by atoms with van der Waals surface area (Å²) in [7, 11) is 3.34. The quantitative estimate of drug-likeness (QED) is 0.260. The van der Waals surface area contributed by atoms with Crippen LogP contribution in [0.25, 0.3) is 0 Å². The van der Waals surface area contributed by atoms with E-state index in [2.05, 4.69) is 12.1 Å². The van der Waals surface area contributed by atoms with Gasteiger partial charge in [-0.15, -0.1) is 12.6 Å². The standard InChI is InChI=1S/C24H35NO4S/c1-26-22-15-21(24(30)16-23(22)27-2)17-25(7-11-29-12-8-25)6-10-28-9-5-19-4-3-18-13-20(19)14-18/h4,15-16,18,20H,3,5-14,17H2,1-2H3/p+1. The summed E-state index contributed by atoms with van der Waals surface area (Å²) in [5.41, 5.74) is 2.84. The van der Waals surface area contributed by atoms with Crippen molar-refractivity contribution in [3.8, 4) is 11.5 Å². The largest absolute Gasteiger partial charge is 0.493 e. The van der Waals surface area contributed by atoms with E-state index >= 15 is 0 Å². The Morgan fingerprint density at radius 2 is 1.80 bits per heavy atom. The molecule has 0 amide bonds. The van der Waals surface area contributed by atoms with Gasteiger partial charge in [0.1, 0.15) is 26.2 Å². The van der Waals surface area contributed by atoms with E-state index < -0.39 is 0 Å². The molecule has 1 aliphatic heterocycles. The molecule has 4 aliphatic rings. The van der Waals surface area contributed by atoms with Crippen molar-refractivity contribution in [1.29, 1.82) is 0 Å². The first-order valence-corrected chi connectivity index (χ1v) is 11.7. The van der Waals surface area contributed by atoms with Crippen LogP contribution in [0.15, 0.2) is 28.7 Å². The van der Waals surface area contributed by atoms with E-state index in [1.165, 1.54) is 24.8 Å². The minimum absolute atomic E-state index is 0.720. The highest BCUT2D eigenvalue weighted by atomic mass is 32.1. The Balaban J connectivity index is 1.34. The van der Waals surface area contributed by atoms with Crippen molar-refractivity contribution in [2.75, 3.05) is 60.3 Å². The van der Waals surface area contributed by atoms with Crippen molar-refractivity contribution in [1.82, 2.24) is 0 Å². The average molecular weight is 435 g/mol. The predicted octanol–water partition coefficient (Wildman–Crippen LogP) is 4.10. The Hall–Kier alpha value is -1.21. The van der Waals surface area contributed by atoms with Crippen molar-refractivity contribution in [3.05, 3.63) is 29.3 Å². The Morgan fingerprint density at radius 1 is 1.07 bits per heavy atom. The fourth-order valence-corrected chi connectivity index (χ4v) is 5.41. The first-order chi connectivity index (χ1) is 14.6. The van der Waals surface area contributed by atoms with Crippen LogP contribution in [0.3, 0.4) is 0 Å². The Kier molecular flexibility index (Phi) is 7.29. The number of hydrogen-bond acceptors (Lipinski definition) is 5. The number of quaternary nitrogens is 1. The van der Waals surface area contributed by atoms with E-state index in [0.717, 1.165) is 91.7 Å². The summed E-state index contributed by atoms with van der Waals surface area (Å²) < 4.78 is 23.7. The minimum Gasteiger partial charge on any atom is -0.493 e. The summed E-state index contributed by atoms with van der Waals surface area (Å²) in [5, 5.41) is 0. The molecule has 1 aromatic rings. The van der Waals surface area contributed by atoms with Gasteiger partial charge < -0.3 is 23.4 Å². The summed E-state index contributed by atoms with van der Waals surface area (Å²) >= 11 is 4.73. The summed E-state index contributed by atoms with van der Waals surface area (Å²) in [4.78, 5) is 0.945. The van der Waals surface area contributed by atoms with Crippen LogP contribution in [0, 0.1) is 11.8 Å². The molecule has 1 aromatic carbocycles. The van der Waals surface area contributed by atoms with E-state index in [0.29, 0.717) is 0 Å². The van der Waals surface area contributed by atoms with Gasteiger partial charge in [0.15, 0.2) is 11.5 Å². The Labute approximate surface area is 186 Å². The average Bonchev–Trinajstić information content (AvgIpc) is 2.75. The highest BCUT2D eigenvalue weighted by Gasteiger charge is 2.34. The van der Waals surface area contributed by atoms with Crippen LogP contribution in [0.4, 0.5) is 0 Å². The zero-order valence-electron chi connectivity index (χ0n) is 18.4. The number of nitrogens with zero attached hydrogens (tertiary/aromatic N) is 1. The van der Waals surface area contributed by atoms with Gasteiger partial charge in [0.25, 0.3) is 0 Å². The number of methoxy groups -OCH3 is 2. The first-order valence-electron chi connectivity index (χ1n) is 11.3. The lowest BCUT2D eigenvalue weighted by molar-refractivity contribution is -0.948. The van der Waals surface area contributed by atoms with Gasteiger partial charge in [-0.05, 0) is 49.7 Å². The SMILES string of the molecule is COc1cc(S)c(C[N+]2(CCOCCC3=CCC4CC3C4)CCOCC2)cc1OC. The van der Waals surface area contributed by atoms with Gasteiger partial charge in [0.05, 0.1) is 40.6 Å². The van der Waals surface area contributed by atoms with Crippen LogP contribution in [0.1, 0.15) is 31.2 Å². The van der Waals surface area contributed by atoms with Gasteiger partial charge >= 0.3 is 0 Å². The normalized spacial score (nSPS) is 24.7. The molecule has 1 saturated carbocycles. The van der Waals surface area contributed by atoms with E-state index in [9.17, 15) is 0 Å². The van der Waals surface area contributed by atoms with E-state index in [1.54, 1.807) is 19.8 Å². The van der Waals surface area contributed by atoms with Crippen molar-refractivity contribution < 1.29 is 23.4 Å². The lowest BCUT2D eigenvalue weighted by atomic mass is 9.65. The third kappa shape index (κ3) is 4.98. The third-order valence-electron chi connectivity index (χ3n) is 7.23. The highest BCUT2D eigenvalue weighted by Crippen LogP contribution is 2.46. The number of ether oxygens (including phenoxy) is 4. The van der Waals surface area contributed by atoms with Gasteiger partial charge in [-0.2, -0.15) is 0 Å². The smallest absolute Gasteiger partial charge is 0.161 e. The van der Waals surface area contributed by atoms with Crippen molar-refractivity contribution in [2.24, 2.45) is 11.8 Å². The second kappa shape index (κ2) is 9.94. The molecular weight excluding hydrogens is 398 g/mol. The molecule has 0 spiro atoms. The predicted molar refractivity (Wildman–Crippen MR) is 121 cm³/mol. The van der Waals surface area contributed by atoms with Gasteiger partial charge in [-0.3, -0.25) is 0 Å². The molecule has 0 radical (unpaired) electrons. The summed E-state index contributed by atoms with van der Waals surface area (Å²) in [6.45, 7) is 7.12. The first kappa shape index (κ1) is 22.0. The lowest BCUT2D eigenvalue weighted by Crippen LogP contribution is -2.56. The van der Waals surface area contributed by atoms with Crippen molar-refractivity contribution in [3.63, 3.8) is 0 Å². The van der Waals surface area contributed by atoms with Crippen LogP contribution < -0.4 is 9.47 Å². The number of fused-ring (bicyclic) bond motifs is 1. The van der Waals surface area contributed by atoms with Crippen molar-refractivity contribution >= 4 is 12.6 Å². The molecule has 6 heteroatoms. The van der Waals surface area contributed by atoms with Crippen LogP contribution in [-0.4, -0.2) is 64.8 Å². The summed E-state index contributed by atoms with van der Waals surface area (Å²) in [6.07, 6.45) is 7.72. The molecule has 2 bridgehead atoms. The second-order valence-electron chi connectivity index (χ2n) is 9.03. The number of allylic oxidation sites excluding steroid dienone is 1. The van der Waals surface area contributed by atoms with Gasteiger partial charge in [0.2, 0.25) is 0 Å². The van der Waals surface area contributed by atoms with Gasteiger partial charge in [-0.25, -0.2) is 0 Å². The maximum atomic E-state index is 6.12. The number of benzene rings is 1. The van der Waals surface area contributed by atoms with Crippen LogP contribution in [0.2, 0.25) is 0 Å². The minimum atomic E-state index is 0.720. The highest BCUT2D eigenvalue weighted by molar-refractivity contribution is 7.80. The monoisotopic (exact) mass is 434 g/mol. The van der Waals surface area contributed by atoms with Crippen LogP contribution in [0.5, 0.6) is 11.5 Å². The molecule has 0 N–H and O–H groups in total. The fourth-order valence-electron chi connectivity index (χ4n) is 5.16. The summed E-state index contributed by atoms with van der Waals surface area (Å²) in [6, 6.07) is 4.02. The fraction of sp³-hybridized carbons (Fsp3) is 0.667. The third-order valence-corrected chi connectivity index (χ3v) is 7.65. The molecule has 0 unspecified atom stereocenters. The maximum Gasteiger partial charge on any atom is 0.161 e. The number of hydrogen-bond donors (Lipinski definition) is 1. The van der Waals surface area contributed by atoms with Crippen molar-refractivity contribution in [2.45, 2.75) is 37.1 Å². The molecule has 0 atom stereocenters. The molecule has 0 aromatic heterocycles. The zero-order valence-corrected chi connectivity index (χ0v) is 19.3. The number of morpholine rings is 1. The Bertz CT molecular complexity index is 754. The van der Waals surface area contributed by atoms with Gasteiger partial charge in [0, 0.05) is 10.5 Å². The molecule has 1 saturated heterocycles. The lowest BCUT2D eigenvalue weighted by Gasteiger charge is -2.42.